The minimum Gasteiger partial charge on any atom is -0.493 e. The van der Waals surface area contributed by atoms with Crippen LogP contribution in [0.15, 0.2) is 46.9 Å². The van der Waals surface area contributed by atoms with Gasteiger partial charge < -0.3 is 19.5 Å². The molecule has 0 spiro atoms. The Labute approximate surface area is 154 Å². The first-order chi connectivity index (χ1) is 11.9. The average molecular weight is 408 g/mol. The van der Waals surface area contributed by atoms with Crippen molar-refractivity contribution in [3.8, 4) is 11.5 Å². The molecule has 0 heterocycles. The van der Waals surface area contributed by atoms with Crippen molar-refractivity contribution in [3.05, 3.63) is 52.5 Å². The van der Waals surface area contributed by atoms with Crippen LogP contribution in [0.2, 0.25) is 0 Å². The molecule has 2 aromatic carbocycles. The molecular formula is C18H18BrNO5. The summed E-state index contributed by atoms with van der Waals surface area (Å²) in [4.78, 5) is 23.8. The Morgan fingerprint density at radius 3 is 2.32 bits per heavy atom. The number of anilines is 1. The summed E-state index contributed by atoms with van der Waals surface area (Å²) in [6.45, 7) is 1.63. The van der Waals surface area contributed by atoms with Gasteiger partial charge in [0.1, 0.15) is 0 Å². The molecular weight excluding hydrogens is 390 g/mol. The number of amides is 1. The Hall–Kier alpha value is -2.54. The summed E-state index contributed by atoms with van der Waals surface area (Å²) in [6.07, 6.45) is -0.762. The van der Waals surface area contributed by atoms with E-state index >= 15 is 0 Å². The molecule has 0 radical (unpaired) electrons. The standard InChI is InChI=1S/C18H18BrNO5/c1-11(17(21)20-14-7-5-13(19)6-8-14)25-15-9-4-12(18(22)24-3)10-16(15)23-2/h4-11H,1-3H3,(H,20,21). The molecule has 1 amide bonds. The lowest BCUT2D eigenvalue weighted by Gasteiger charge is -2.17. The van der Waals surface area contributed by atoms with E-state index < -0.39 is 12.1 Å². The average Bonchev–Trinajstić information content (AvgIpc) is 2.63. The van der Waals surface area contributed by atoms with Gasteiger partial charge in [-0.25, -0.2) is 4.79 Å². The first-order valence-corrected chi connectivity index (χ1v) is 8.23. The van der Waals surface area contributed by atoms with Gasteiger partial charge in [0.25, 0.3) is 5.91 Å². The van der Waals surface area contributed by atoms with Crippen molar-refractivity contribution in [2.45, 2.75) is 13.0 Å². The molecule has 132 valence electrons. The first kappa shape index (κ1) is 18.8. The molecule has 1 unspecified atom stereocenters. The van der Waals surface area contributed by atoms with Crippen LogP contribution < -0.4 is 14.8 Å². The van der Waals surface area contributed by atoms with Crippen LogP contribution in [-0.4, -0.2) is 32.2 Å². The highest BCUT2D eigenvalue weighted by Gasteiger charge is 2.18. The number of rotatable bonds is 6. The van der Waals surface area contributed by atoms with Gasteiger partial charge in [0, 0.05) is 10.2 Å². The SMILES string of the molecule is COC(=O)c1ccc(OC(C)C(=O)Nc2ccc(Br)cc2)c(OC)c1. The molecule has 25 heavy (non-hydrogen) atoms. The molecule has 0 aliphatic rings. The molecule has 6 nitrogen and oxygen atoms in total. The molecule has 0 aliphatic carbocycles. The normalized spacial score (nSPS) is 11.4. The third-order valence-corrected chi connectivity index (χ3v) is 3.90. The van der Waals surface area contributed by atoms with E-state index in [2.05, 4.69) is 26.0 Å². The van der Waals surface area contributed by atoms with Crippen LogP contribution in [0, 0.1) is 0 Å². The van der Waals surface area contributed by atoms with Crippen molar-refractivity contribution in [3.63, 3.8) is 0 Å². The fourth-order valence-electron chi connectivity index (χ4n) is 2.03. The van der Waals surface area contributed by atoms with E-state index in [9.17, 15) is 9.59 Å². The quantitative estimate of drug-likeness (QED) is 0.739. The van der Waals surface area contributed by atoms with Crippen LogP contribution in [-0.2, 0) is 9.53 Å². The van der Waals surface area contributed by atoms with Gasteiger partial charge in [-0.3, -0.25) is 4.79 Å². The van der Waals surface area contributed by atoms with Crippen LogP contribution in [0.1, 0.15) is 17.3 Å². The van der Waals surface area contributed by atoms with Crippen LogP contribution in [0.4, 0.5) is 5.69 Å². The lowest BCUT2D eigenvalue weighted by molar-refractivity contribution is -0.122. The summed E-state index contributed by atoms with van der Waals surface area (Å²) >= 11 is 3.34. The first-order valence-electron chi connectivity index (χ1n) is 7.44. The number of hydrogen-bond acceptors (Lipinski definition) is 5. The summed E-state index contributed by atoms with van der Waals surface area (Å²) in [6, 6.07) is 11.8. The number of hydrogen-bond donors (Lipinski definition) is 1. The van der Waals surface area contributed by atoms with E-state index in [1.807, 2.05) is 12.1 Å². The van der Waals surface area contributed by atoms with E-state index in [0.29, 0.717) is 22.7 Å². The zero-order chi connectivity index (χ0) is 18.4. The maximum Gasteiger partial charge on any atom is 0.337 e. The molecule has 0 aliphatic heterocycles. The van der Waals surface area contributed by atoms with E-state index in [-0.39, 0.29) is 5.91 Å². The number of methoxy groups -OCH3 is 2. The number of carbonyl (C=O) groups is 2. The molecule has 2 rings (SSSR count). The summed E-state index contributed by atoms with van der Waals surface area (Å²) < 4.78 is 16.5. The highest BCUT2D eigenvalue weighted by Crippen LogP contribution is 2.29. The predicted molar refractivity (Wildman–Crippen MR) is 97.2 cm³/mol. The largest absolute Gasteiger partial charge is 0.493 e. The fraction of sp³-hybridized carbons (Fsp3) is 0.222. The van der Waals surface area contributed by atoms with Crippen molar-refractivity contribution in [1.29, 1.82) is 0 Å². The smallest absolute Gasteiger partial charge is 0.337 e. The van der Waals surface area contributed by atoms with E-state index in [0.717, 1.165) is 4.47 Å². The molecule has 0 saturated heterocycles. The summed E-state index contributed by atoms with van der Waals surface area (Å²) in [7, 11) is 2.75. The Balaban J connectivity index is 2.08. The van der Waals surface area contributed by atoms with Crippen molar-refractivity contribution < 1.29 is 23.8 Å². The van der Waals surface area contributed by atoms with Gasteiger partial charge in [0.05, 0.1) is 19.8 Å². The van der Waals surface area contributed by atoms with Crippen LogP contribution in [0.5, 0.6) is 11.5 Å². The zero-order valence-corrected chi connectivity index (χ0v) is 15.6. The second-order valence-corrected chi connectivity index (χ2v) is 6.03. The molecule has 1 N–H and O–H groups in total. The molecule has 7 heteroatoms. The topological polar surface area (TPSA) is 73.9 Å². The molecule has 0 bridgehead atoms. The van der Waals surface area contributed by atoms with Gasteiger partial charge in [0.15, 0.2) is 17.6 Å². The van der Waals surface area contributed by atoms with Crippen molar-refractivity contribution >= 4 is 33.5 Å². The maximum absolute atomic E-state index is 12.3. The van der Waals surface area contributed by atoms with Crippen LogP contribution in [0.3, 0.4) is 0 Å². The van der Waals surface area contributed by atoms with E-state index in [4.69, 9.17) is 9.47 Å². The number of nitrogens with one attached hydrogen (secondary N) is 1. The maximum atomic E-state index is 12.3. The Bertz CT molecular complexity index is 761. The van der Waals surface area contributed by atoms with Crippen LogP contribution >= 0.6 is 15.9 Å². The molecule has 2 aromatic rings. The summed E-state index contributed by atoms with van der Waals surface area (Å²) in [5.74, 6) is -0.0906. The second-order valence-electron chi connectivity index (χ2n) is 5.11. The van der Waals surface area contributed by atoms with E-state index in [1.54, 1.807) is 31.2 Å². The Morgan fingerprint density at radius 2 is 1.72 bits per heavy atom. The number of halogens is 1. The van der Waals surface area contributed by atoms with Gasteiger partial charge in [-0.2, -0.15) is 0 Å². The predicted octanol–water partition coefficient (Wildman–Crippen LogP) is 3.65. The van der Waals surface area contributed by atoms with Crippen LogP contribution in [0.25, 0.3) is 0 Å². The third-order valence-electron chi connectivity index (χ3n) is 3.37. The van der Waals surface area contributed by atoms with Gasteiger partial charge in [-0.05, 0) is 49.4 Å². The second kappa shape index (κ2) is 8.53. The lowest BCUT2D eigenvalue weighted by atomic mass is 10.2. The molecule has 1 atom stereocenters. The van der Waals surface area contributed by atoms with Crippen molar-refractivity contribution in [2.75, 3.05) is 19.5 Å². The van der Waals surface area contributed by atoms with Crippen molar-refractivity contribution in [1.82, 2.24) is 0 Å². The molecule has 0 aromatic heterocycles. The number of esters is 1. The Morgan fingerprint density at radius 1 is 1.04 bits per heavy atom. The van der Waals surface area contributed by atoms with Gasteiger partial charge in [-0.15, -0.1) is 0 Å². The van der Waals surface area contributed by atoms with Gasteiger partial charge in [-0.1, -0.05) is 15.9 Å². The third kappa shape index (κ3) is 4.96. The number of ether oxygens (including phenoxy) is 3. The zero-order valence-electron chi connectivity index (χ0n) is 14.0. The number of benzene rings is 2. The minimum absolute atomic E-state index is 0.304. The summed E-state index contributed by atoms with van der Waals surface area (Å²) in [5, 5.41) is 2.77. The minimum atomic E-state index is -0.762. The van der Waals surface area contributed by atoms with Gasteiger partial charge in [0.2, 0.25) is 0 Å². The van der Waals surface area contributed by atoms with Crippen molar-refractivity contribution in [2.24, 2.45) is 0 Å². The molecule has 0 saturated carbocycles. The van der Waals surface area contributed by atoms with E-state index in [1.165, 1.54) is 20.3 Å². The fourth-order valence-corrected chi connectivity index (χ4v) is 2.30. The Kier molecular flexibility index (Phi) is 6.41. The van der Waals surface area contributed by atoms with Gasteiger partial charge >= 0.3 is 5.97 Å². The monoisotopic (exact) mass is 407 g/mol. The number of carbonyl (C=O) groups excluding carboxylic acids is 2. The molecule has 0 fully saturated rings. The highest BCUT2D eigenvalue weighted by atomic mass is 79.9. The summed E-state index contributed by atoms with van der Waals surface area (Å²) in [5.41, 5.74) is 0.996. The lowest BCUT2D eigenvalue weighted by Crippen LogP contribution is -2.30. The highest BCUT2D eigenvalue weighted by molar-refractivity contribution is 9.10.